The highest BCUT2D eigenvalue weighted by Crippen LogP contribution is 2.23. The minimum Gasteiger partial charge on any atom is -0.389 e. The number of carbonyl (C=O) groups is 1. The SMILES string of the molecule is NC(=S)c1ccc(Br)cc1NC(=O)c1ccc(F)c(Br)c1. The van der Waals surface area contributed by atoms with Crippen LogP contribution in [0.1, 0.15) is 15.9 Å². The maximum Gasteiger partial charge on any atom is 0.255 e. The lowest BCUT2D eigenvalue weighted by Crippen LogP contribution is -2.17. The van der Waals surface area contributed by atoms with Crippen LogP contribution in [0.15, 0.2) is 45.3 Å². The van der Waals surface area contributed by atoms with Crippen molar-refractivity contribution in [2.45, 2.75) is 0 Å². The predicted octanol–water partition coefficient (Wildman–Crippen LogP) is 4.24. The normalized spacial score (nSPS) is 10.2. The van der Waals surface area contributed by atoms with Crippen molar-refractivity contribution >= 4 is 60.7 Å². The van der Waals surface area contributed by atoms with Gasteiger partial charge in [0.05, 0.1) is 10.2 Å². The largest absolute Gasteiger partial charge is 0.389 e. The van der Waals surface area contributed by atoms with Crippen LogP contribution in [0, 0.1) is 5.82 Å². The zero-order valence-corrected chi connectivity index (χ0v) is 14.5. The van der Waals surface area contributed by atoms with Gasteiger partial charge in [0.2, 0.25) is 0 Å². The molecule has 0 fully saturated rings. The molecule has 3 N–H and O–H groups in total. The van der Waals surface area contributed by atoms with Crippen LogP contribution in [0.25, 0.3) is 0 Å². The van der Waals surface area contributed by atoms with Crippen molar-refractivity contribution < 1.29 is 9.18 Å². The highest BCUT2D eigenvalue weighted by atomic mass is 79.9. The Balaban J connectivity index is 2.33. The summed E-state index contributed by atoms with van der Waals surface area (Å²) in [4.78, 5) is 12.4. The lowest BCUT2D eigenvalue weighted by molar-refractivity contribution is 0.102. The monoisotopic (exact) mass is 430 g/mol. The van der Waals surface area contributed by atoms with Crippen LogP contribution in [0.5, 0.6) is 0 Å². The van der Waals surface area contributed by atoms with Gasteiger partial charge in [-0.25, -0.2) is 4.39 Å². The number of nitrogens with two attached hydrogens (primary N) is 1. The molecule has 0 saturated carbocycles. The molecule has 1 amide bonds. The summed E-state index contributed by atoms with van der Waals surface area (Å²) < 4.78 is 14.2. The van der Waals surface area contributed by atoms with Crippen molar-refractivity contribution in [3.05, 3.63) is 62.3 Å². The van der Waals surface area contributed by atoms with E-state index in [-0.39, 0.29) is 15.4 Å². The van der Waals surface area contributed by atoms with Gasteiger partial charge in [0.25, 0.3) is 5.91 Å². The Hall–Kier alpha value is -1.31. The topological polar surface area (TPSA) is 55.1 Å². The Bertz CT molecular complexity index is 737. The molecule has 0 saturated heterocycles. The van der Waals surface area contributed by atoms with Crippen molar-refractivity contribution in [1.82, 2.24) is 0 Å². The lowest BCUT2D eigenvalue weighted by Gasteiger charge is -2.11. The average molecular weight is 432 g/mol. The summed E-state index contributed by atoms with van der Waals surface area (Å²) in [6, 6.07) is 9.21. The number of halogens is 3. The van der Waals surface area contributed by atoms with E-state index in [0.29, 0.717) is 16.8 Å². The smallest absolute Gasteiger partial charge is 0.255 e. The first-order valence-electron chi connectivity index (χ1n) is 5.74. The Morgan fingerprint density at radius 3 is 2.52 bits per heavy atom. The molecule has 0 spiro atoms. The van der Waals surface area contributed by atoms with E-state index in [9.17, 15) is 9.18 Å². The number of rotatable bonds is 3. The molecule has 0 aliphatic heterocycles. The van der Waals surface area contributed by atoms with Gasteiger partial charge in [-0.2, -0.15) is 0 Å². The maximum absolute atomic E-state index is 13.2. The molecule has 2 aromatic rings. The highest BCUT2D eigenvalue weighted by Gasteiger charge is 2.12. The van der Waals surface area contributed by atoms with Gasteiger partial charge in [-0.1, -0.05) is 28.1 Å². The minimum absolute atomic E-state index is 0.179. The molecule has 108 valence electrons. The molecule has 2 aromatic carbocycles. The highest BCUT2D eigenvalue weighted by molar-refractivity contribution is 9.10. The summed E-state index contributed by atoms with van der Waals surface area (Å²) in [5.41, 5.74) is 6.99. The van der Waals surface area contributed by atoms with Crippen molar-refractivity contribution in [3.8, 4) is 0 Å². The van der Waals surface area contributed by atoms with Crippen molar-refractivity contribution in [2.75, 3.05) is 5.32 Å². The summed E-state index contributed by atoms with van der Waals surface area (Å²) in [7, 11) is 0. The molecule has 7 heteroatoms. The molecule has 0 aromatic heterocycles. The fourth-order valence-electron chi connectivity index (χ4n) is 1.67. The van der Waals surface area contributed by atoms with Crippen LogP contribution < -0.4 is 11.1 Å². The summed E-state index contributed by atoms with van der Waals surface area (Å²) >= 11 is 11.3. The minimum atomic E-state index is -0.433. The number of benzene rings is 2. The zero-order chi connectivity index (χ0) is 15.6. The third kappa shape index (κ3) is 3.87. The number of thiocarbonyl (C=S) groups is 1. The molecule has 0 aliphatic carbocycles. The Morgan fingerprint density at radius 1 is 1.19 bits per heavy atom. The van der Waals surface area contributed by atoms with Crippen LogP contribution in [0.2, 0.25) is 0 Å². The third-order valence-corrected chi connectivity index (χ3v) is 4.00. The van der Waals surface area contributed by atoms with Crippen LogP contribution in [-0.2, 0) is 0 Å². The van der Waals surface area contributed by atoms with Crippen LogP contribution >= 0.6 is 44.1 Å². The molecule has 0 atom stereocenters. The Labute approximate surface area is 143 Å². The molecule has 21 heavy (non-hydrogen) atoms. The van der Waals surface area contributed by atoms with Crippen molar-refractivity contribution in [3.63, 3.8) is 0 Å². The summed E-state index contributed by atoms with van der Waals surface area (Å²) in [5, 5.41) is 2.72. The first-order chi connectivity index (χ1) is 9.88. The lowest BCUT2D eigenvalue weighted by atomic mass is 10.1. The van der Waals surface area contributed by atoms with E-state index in [4.69, 9.17) is 18.0 Å². The number of hydrogen-bond acceptors (Lipinski definition) is 2. The third-order valence-electron chi connectivity index (χ3n) is 2.68. The quantitative estimate of drug-likeness (QED) is 0.714. The molecule has 0 bridgehead atoms. The Morgan fingerprint density at radius 2 is 1.90 bits per heavy atom. The number of nitrogens with one attached hydrogen (secondary N) is 1. The van der Waals surface area contributed by atoms with Gasteiger partial charge in [-0.05, 0) is 52.3 Å². The second-order valence-electron chi connectivity index (χ2n) is 4.14. The summed E-state index contributed by atoms with van der Waals surface area (Å²) in [6.07, 6.45) is 0. The van der Waals surface area contributed by atoms with Gasteiger partial charge >= 0.3 is 0 Å². The van der Waals surface area contributed by atoms with Gasteiger partial charge in [-0.15, -0.1) is 0 Å². The number of anilines is 1. The molecule has 0 unspecified atom stereocenters. The van der Waals surface area contributed by atoms with Crippen LogP contribution in [0.3, 0.4) is 0 Å². The molecular weight excluding hydrogens is 423 g/mol. The fourth-order valence-corrected chi connectivity index (χ4v) is 2.58. The molecule has 3 nitrogen and oxygen atoms in total. The molecule has 0 aliphatic rings. The second kappa shape index (κ2) is 6.64. The molecular formula is C14H9Br2FN2OS. The maximum atomic E-state index is 13.2. The Kier molecular flexibility index (Phi) is 5.08. The average Bonchev–Trinajstić information content (AvgIpc) is 2.41. The zero-order valence-electron chi connectivity index (χ0n) is 10.5. The molecule has 2 rings (SSSR count). The number of hydrogen-bond donors (Lipinski definition) is 2. The van der Waals surface area contributed by atoms with Crippen LogP contribution in [0.4, 0.5) is 10.1 Å². The molecule has 0 radical (unpaired) electrons. The molecule has 0 heterocycles. The van der Waals surface area contributed by atoms with Gasteiger partial charge in [-0.3, -0.25) is 4.79 Å². The van der Waals surface area contributed by atoms with Gasteiger partial charge in [0, 0.05) is 15.6 Å². The van der Waals surface area contributed by atoms with Gasteiger partial charge in [0.1, 0.15) is 10.8 Å². The van der Waals surface area contributed by atoms with E-state index in [1.54, 1.807) is 18.2 Å². The van der Waals surface area contributed by atoms with Crippen molar-refractivity contribution in [1.29, 1.82) is 0 Å². The summed E-state index contributed by atoms with van der Waals surface area (Å²) in [6.45, 7) is 0. The van der Waals surface area contributed by atoms with E-state index in [1.807, 2.05) is 0 Å². The van der Waals surface area contributed by atoms with Gasteiger partial charge in [0.15, 0.2) is 0 Å². The van der Waals surface area contributed by atoms with Crippen molar-refractivity contribution in [2.24, 2.45) is 5.73 Å². The first-order valence-corrected chi connectivity index (χ1v) is 7.73. The standard InChI is InChI=1S/C14H9Br2FN2OS/c15-8-2-3-9(13(18)21)12(6-8)19-14(20)7-1-4-11(17)10(16)5-7/h1-6H,(H2,18,21)(H,19,20). The van der Waals surface area contributed by atoms with E-state index in [1.165, 1.54) is 18.2 Å². The van der Waals surface area contributed by atoms with Gasteiger partial charge < -0.3 is 11.1 Å². The summed E-state index contributed by atoms with van der Waals surface area (Å²) in [5.74, 6) is -0.816. The number of carbonyl (C=O) groups excluding carboxylic acids is 1. The fraction of sp³-hybridized carbons (Fsp3) is 0. The van der Waals surface area contributed by atoms with E-state index in [2.05, 4.69) is 37.2 Å². The number of amides is 1. The van der Waals surface area contributed by atoms with Crippen LogP contribution in [-0.4, -0.2) is 10.9 Å². The second-order valence-corrected chi connectivity index (χ2v) is 6.35. The van der Waals surface area contributed by atoms with E-state index < -0.39 is 5.82 Å². The first kappa shape index (κ1) is 16.1. The van der Waals surface area contributed by atoms with E-state index in [0.717, 1.165) is 4.47 Å². The van der Waals surface area contributed by atoms with E-state index >= 15 is 0 Å². The predicted molar refractivity (Wildman–Crippen MR) is 92.1 cm³/mol.